The first-order valence-electron chi connectivity index (χ1n) is 15.6. The van der Waals surface area contributed by atoms with E-state index in [9.17, 15) is 0 Å². The molecule has 1 fully saturated rings. The van der Waals surface area contributed by atoms with Gasteiger partial charge in [0.15, 0.2) is 0 Å². The topological polar surface area (TPSA) is 15.3 Å². The zero-order valence-electron chi connectivity index (χ0n) is 23.9. The van der Waals surface area contributed by atoms with Crippen LogP contribution in [0.1, 0.15) is 143 Å². The van der Waals surface area contributed by atoms with E-state index in [4.69, 9.17) is 0 Å². The lowest BCUT2D eigenvalue weighted by atomic mass is 9.94. The summed E-state index contributed by atoms with van der Waals surface area (Å²) in [6.07, 6.45) is 24.3. The summed E-state index contributed by atoms with van der Waals surface area (Å²) in [7, 11) is 0. The molecule has 1 N–H and O–H groups in total. The van der Waals surface area contributed by atoms with Gasteiger partial charge in [-0.15, -0.1) is 5.92 Å². The predicted molar refractivity (Wildman–Crippen MR) is 153 cm³/mol. The minimum Gasteiger partial charge on any atom is -0.316 e. The van der Waals surface area contributed by atoms with E-state index >= 15 is 0 Å². The van der Waals surface area contributed by atoms with Crippen LogP contribution in [0.25, 0.3) is 0 Å². The quantitative estimate of drug-likeness (QED) is 0.132. The van der Waals surface area contributed by atoms with Gasteiger partial charge in [-0.1, -0.05) is 104 Å². The van der Waals surface area contributed by atoms with Crippen molar-refractivity contribution < 1.29 is 0 Å². The van der Waals surface area contributed by atoms with Gasteiger partial charge in [0.1, 0.15) is 0 Å². The standard InChI is InChI=1S/C32H62N2/c1-5-9-13-15-20-30(18-11-7-3)21-16-17-25-34-26-23-32(24-27-34)29-33-28-31(19-12-8-4)22-14-10-6-2/h30-33H,5-15,17-20,22-29H2,1-4H3. The Balaban J connectivity index is 2.22. The second-order valence-corrected chi connectivity index (χ2v) is 11.2. The van der Waals surface area contributed by atoms with Crippen LogP contribution in [-0.2, 0) is 0 Å². The van der Waals surface area contributed by atoms with Crippen molar-refractivity contribution >= 4 is 0 Å². The molecular formula is C32H62N2. The number of piperidine rings is 1. The third-order valence-corrected chi connectivity index (χ3v) is 7.93. The molecule has 2 atom stereocenters. The molecule has 0 aromatic heterocycles. The Bertz CT molecular complexity index is 483. The first kappa shape index (κ1) is 31.5. The Kier molecular flexibility index (Phi) is 21.2. The summed E-state index contributed by atoms with van der Waals surface area (Å²) in [5, 5.41) is 3.87. The van der Waals surface area contributed by atoms with Gasteiger partial charge in [-0.25, -0.2) is 0 Å². The summed E-state index contributed by atoms with van der Waals surface area (Å²) in [5.41, 5.74) is 0. The van der Waals surface area contributed by atoms with Crippen molar-refractivity contribution in [1.29, 1.82) is 0 Å². The molecular weight excluding hydrogens is 412 g/mol. The van der Waals surface area contributed by atoms with E-state index in [2.05, 4.69) is 49.8 Å². The third-order valence-electron chi connectivity index (χ3n) is 7.93. The van der Waals surface area contributed by atoms with Gasteiger partial charge in [0, 0.05) is 18.9 Å². The monoisotopic (exact) mass is 474 g/mol. The zero-order valence-corrected chi connectivity index (χ0v) is 23.9. The molecule has 0 bridgehead atoms. The van der Waals surface area contributed by atoms with Crippen molar-refractivity contribution in [2.45, 2.75) is 143 Å². The molecule has 2 heteroatoms. The van der Waals surface area contributed by atoms with Crippen molar-refractivity contribution in [3.05, 3.63) is 0 Å². The molecule has 200 valence electrons. The number of hydrogen-bond acceptors (Lipinski definition) is 2. The second-order valence-electron chi connectivity index (χ2n) is 11.2. The molecule has 0 aliphatic carbocycles. The van der Waals surface area contributed by atoms with E-state index in [0.717, 1.165) is 18.3 Å². The molecule has 0 spiro atoms. The molecule has 1 saturated heterocycles. The Morgan fingerprint density at radius 2 is 1.32 bits per heavy atom. The van der Waals surface area contributed by atoms with Crippen molar-refractivity contribution in [1.82, 2.24) is 10.2 Å². The van der Waals surface area contributed by atoms with Crippen molar-refractivity contribution in [2.75, 3.05) is 32.7 Å². The number of hydrogen-bond donors (Lipinski definition) is 1. The lowest BCUT2D eigenvalue weighted by Gasteiger charge is -2.32. The van der Waals surface area contributed by atoms with Crippen LogP contribution in [0, 0.1) is 29.6 Å². The minimum absolute atomic E-state index is 0.650. The van der Waals surface area contributed by atoms with E-state index in [-0.39, 0.29) is 0 Å². The summed E-state index contributed by atoms with van der Waals surface area (Å²) in [4.78, 5) is 2.67. The van der Waals surface area contributed by atoms with Crippen LogP contribution in [0.2, 0.25) is 0 Å². The molecule has 0 saturated carbocycles. The third kappa shape index (κ3) is 17.0. The average molecular weight is 475 g/mol. The Morgan fingerprint density at radius 3 is 2.03 bits per heavy atom. The molecule has 34 heavy (non-hydrogen) atoms. The van der Waals surface area contributed by atoms with E-state index in [1.54, 1.807) is 0 Å². The molecule has 1 heterocycles. The highest BCUT2D eigenvalue weighted by Gasteiger charge is 2.19. The predicted octanol–water partition coefficient (Wildman–Crippen LogP) is 8.85. The normalized spacial score (nSPS) is 16.8. The number of rotatable bonds is 21. The first-order valence-corrected chi connectivity index (χ1v) is 15.6. The zero-order chi connectivity index (χ0) is 24.7. The lowest BCUT2D eigenvalue weighted by molar-refractivity contribution is 0.184. The van der Waals surface area contributed by atoms with Crippen LogP contribution >= 0.6 is 0 Å². The minimum atomic E-state index is 0.650. The van der Waals surface area contributed by atoms with E-state index in [1.807, 2.05) is 0 Å². The summed E-state index contributed by atoms with van der Waals surface area (Å²) in [6, 6.07) is 0. The SMILES string of the molecule is CCCCCCC(C#CCCN1CCC(CNCC(CCCC)CCCCC)CC1)CCCC. The number of nitrogens with zero attached hydrogens (tertiary/aromatic N) is 1. The van der Waals surface area contributed by atoms with Gasteiger partial charge in [0.25, 0.3) is 0 Å². The van der Waals surface area contributed by atoms with Gasteiger partial charge in [-0.2, -0.15) is 0 Å². The van der Waals surface area contributed by atoms with Crippen molar-refractivity contribution in [3.8, 4) is 11.8 Å². The summed E-state index contributed by atoms with van der Waals surface area (Å²) < 4.78 is 0. The summed E-state index contributed by atoms with van der Waals surface area (Å²) >= 11 is 0. The average Bonchev–Trinajstić information content (AvgIpc) is 2.86. The molecule has 0 radical (unpaired) electrons. The van der Waals surface area contributed by atoms with Crippen molar-refractivity contribution in [2.24, 2.45) is 17.8 Å². The Labute approximate surface area is 215 Å². The molecule has 1 aliphatic heterocycles. The molecule has 1 aliphatic rings. The Morgan fingerprint density at radius 1 is 0.735 bits per heavy atom. The van der Waals surface area contributed by atoms with E-state index < -0.39 is 0 Å². The molecule has 0 amide bonds. The molecule has 0 aromatic rings. The van der Waals surface area contributed by atoms with Crippen LogP contribution in [0.4, 0.5) is 0 Å². The van der Waals surface area contributed by atoms with Gasteiger partial charge in [-0.05, 0) is 76.5 Å². The molecule has 2 nitrogen and oxygen atoms in total. The van der Waals surface area contributed by atoms with Crippen LogP contribution in [0.15, 0.2) is 0 Å². The fourth-order valence-electron chi connectivity index (χ4n) is 5.42. The summed E-state index contributed by atoms with van der Waals surface area (Å²) in [5.74, 6) is 9.67. The lowest BCUT2D eigenvalue weighted by Crippen LogP contribution is -2.38. The highest BCUT2D eigenvalue weighted by atomic mass is 15.1. The number of likely N-dealkylation sites (tertiary alicyclic amines) is 1. The fraction of sp³-hybridized carbons (Fsp3) is 0.938. The highest BCUT2D eigenvalue weighted by Crippen LogP contribution is 2.19. The molecule has 2 unspecified atom stereocenters. The van der Waals surface area contributed by atoms with Crippen LogP contribution in [-0.4, -0.2) is 37.6 Å². The summed E-state index contributed by atoms with van der Waals surface area (Å²) in [6.45, 7) is 15.5. The van der Waals surface area contributed by atoms with Crippen LogP contribution in [0.3, 0.4) is 0 Å². The van der Waals surface area contributed by atoms with Gasteiger partial charge in [-0.3, -0.25) is 0 Å². The van der Waals surface area contributed by atoms with Crippen LogP contribution < -0.4 is 5.32 Å². The molecule has 1 rings (SSSR count). The Hall–Kier alpha value is -0.520. The van der Waals surface area contributed by atoms with E-state index in [1.165, 1.54) is 142 Å². The highest BCUT2D eigenvalue weighted by molar-refractivity contribution is 5.04. The second kappa shape index (κ2) is 22.9. The first-order chi connectivity index (χ1) is 16.7. The van der Waals surface area contributed by atoms with Gasteiger partial charge in [0.05, 0.1) is 0 Å². The van der Waals surface area contributed by atoms with Crippen LogP contribution in [0.5, 0.6) is 0 Å². The fourth-order valence-corrected chi connectivity index (χ4v) is 5.42. The smallest absolute Gasteiger partial charge is 0.0217 e. The largest absolute Gasteiger partial charge is 0.316 e. The number of unbranched alkanes of at least 4 members (excludes halogenated alkanes) is 7. The molecule has 0 aromatic carbocycles. The van der Waals surface area contributed by atoms with Gasteiger partial charge in [0.2, 0.25) is 0 Å². The van der Waals surface area contributed by atoms with E-state index in [0.29, 0.717) is 5.92 Å². The number of nitrogens with one attached hydrogen (secondary N) is 1. The van der Waals surface area contributed by atoms with Gasteiger partial charge >= 0.3 is 0 Å². The maximum Gasteiger partial charge on any atom is 0.0217 e. The maximum absolute atomic E-state index is 3.87. The van der Waals surface area contributed by atoms with Gasteiger partial charge < -0.3 is 10.2 Å². The maximum atomic E-state index is 3.87. The van der Waals surface area contributed by atoms with Crippen molar-refractivity contribution in [3.63, 3.8) is 0 Å².